The van der Waals surface area contributed by atoms with Crippen molar-refractivity contribution in [1.82, 2.24) is 9.66 Å². The van der Waals surface area contributed by atoms with E-state index in [4.69, 9.17) is 19.2 Å². The number of esters is 1. The van der Waals surface area contributed by atoms with Crippen molar-refractivity contribution in [3.8, 4) is 11.5 Å². The molecule has 2 aromatic carbocycles. The van der Waals surface area contributed by atoms with E-state index < -0.39 is 12.1 Å². The van der Waals surface area contributed by atoms with Crippen LogP contribution in [0.5, 0.6) is 11.5 Å². The number of hydrogen-bond acceptors (Lipinski definition) is 7. The Balaban J connectivity index is 2.13. The number of nitrogens with zero attached hydrogens (tertiary/aromatic N) is 3. The standard InChI is InChI=1S/C24H24Br3N3O5/c1-6-12(2)22-29-17-8-7-15(25)10-16(17)23(31)30(22)28-11-14-9-18(33-4)21(20(27)19(14)26)35-13(3)24(32)34-5/h7-13H,6H2,1-5H3/t12-,13-/m1/s1. The number of benzene rings is 2. The van der Waals surface area contributed by atoms with Gasteiger partial charge in [-0.1, -0.05) is 29.8 Å². The number of hydrogen-bond donors (Lipinski definition) is 0. The lowest BCUT2D eigenvalue weighted by atomic mass is 10.1. The molecule has 8 nitrogen and oxygen atoms in total. The fourth-order valence-corrected chi connectivity index (χ4v) is 4.53. The van der Waals surface area contributed by atoms with Gasteiger partial charge in [-0.2, -0.15) is 9.78 Å². The van der Waals surface area contributed by atoms with E-state index in [0.717, 1.165) is 10.9 Å². The largest absolute Gasteiger partial charge is 0.493 e. The summed E-state index contributed by atoms with van der Waals surface area (Å²) < 4.78 is 19.2. The fraction of sp³-hybridized carbons (Fsp3) is 0.333. The topological polar surface area (TPSA) is 92.0 Å². The van der Waals surface area contributed by atoms with Gasteiger partial charge in [0.1, 0.15) is 5.82 Å². The lowest BCUT2D eigenvalue weighted by molar-refractivity contribution is -0.147. The molecule has 0 aliphatic heterocycles. The molecule has 0 bridgehead atoms. The molecule has 0 N–H and O–H groups in total. The molecule has 0 fully saturated rings. The number of ether oxygens (including phenoxy) is 3. The van der Waals surface area contributed by atoms with Gasteiger partial charge in [-0.3, -0.25) is 4.79 Å². The first-order valence-electron chi connectivity index (χ1n) is 10.7. The predicted octanol–water partition coefficient (Wildman–Crippen LogP) is 6.03. The third-order valence-corrected chi connectivity index (χ3v) is 8.04. The normalized spacial score (nSPS) is 13.1. The summed E-state index contributed by atoms with van der Waals surface area (Å²) in [5, 5.41) is 4.97. The van der Waals surface area contributed by atoms with Gasteiger partial charge in [-0.25, -0.2) is 9.78 Å². The molecular formula is C24H24Br3N3O5. The van der Waals surface area contributed by atoms with Gasteiger partial charge in [0, 0.05) is 20.4 Å². The van der Waals surface area contributed by atoms with Crippen LogP contribution in [-0.2, 0) is 9.53 Å². The number of fused-ring (bicyclic) bond motifs is 1. The molecule has 186 valence electrons. The molecule has 2 atom stereocenters. The second-order valence-electron chi connectivity index (χ2n) is 7.71. The van der Waals surface area contributed by atoms with Crippen LogP contribution in [-0.4, -0.2) is 42.2 Å². The van der Waals surface area contributed by atoms with Crippen LogP contribution in [0.25, 0.3) is 10.9 Å². The minimum absolute atomic E-state index is 0.00759. The molecule has 0 spiro atoms. The Morgan fingerprint density at radius 1 is 1.17 bits per heavy atom. The zero-order valence-electron chi connectivity index (χ0n) is 19.8. The summed E-state index contributed by atoms with van der Waals surface area (Å²) in [4.78, 5) is 29.9. The first-order chi connectivity index (χ1) is 16.6. The summed E-state index contributed by atoms with van der Waals surface area (Å²) in [5.41, 5.74) is 0.965. The number of rotatable bonds is 8. The number of methoxy groups -OCH3 is 2. The van der Waals surface area contributed by atoms with E-state index in [9.17, 15) is 9.59 Å². The molecule has 0 aliphatic carbocycles. The van der Waals surface area contributed by atoms with Crippen molar-refractivity contribution in [3.63, 3.8) is 0 Å². The second-order valence-corrected chi connectivity index (χ2v) is 10.2. The van der Waals surface area contributed by atoms with Crippen molar-refractivity contribution in [1.29, 1.82) is 0 Å². The van der Waals surface area contributed by atoms with Gasteiger partial charge in [0.25, 0.3) is 5.56 Å². The van der Waals surface area contributed by atoms with E-state index >= 15 is 0 Å². The molecule has 0 saturated heterocycles. The number of halogens is 3. The van der Waals surface area contributed by atoms with E-state index in [1.54, 1.807) is 25.3 Å². The van der Waals surface area contributed by atoms with Crippen molar-refractivity contribution < 1.29 is 19.0 Å². The van der Waals surface area contributed by atoms with Crippen LogP contribution in [0.3, 0.4) is 0 Å². The summed E-state index contributed by atoms with van der Waals surface area (Å²) >= 11 is 10.5. The highest BCUT2D eigenvalue weighted by atomic mass is 79.9. The first-order valence-corrected chi connectivity index (χ1v) is 13.1. The average molecular weight is 674 g/mol. The van der Waals surface area contributed by atoms with Crippen LogP contribution in [0, 0.1) is 0 Å². The maximum absolute atomic E-state index is 13.4. The average Bonchev–Trinajstić information content (AvgIpc) is 2.86. The van der Waals surface area contributed by atoms with Gasteiger partial charge in [0.15, 0.2) is 17.6 Å². The number of carbonyl (C=O) groups excluding carboxylic acids is 1. The molecule has 11 heteroatoms. The maximum atomic E-state index is 13.4. The van der Waals surface area contributed by atoms with Crippen molar-refractivity contribution in [3.05, 3.63) is 59.4 Å². The van der Waals surface area contributed by atoms with Crippen LogP contribution in [0.4, 0.5) is 0 Å². The summed E-state index contributed by atoms with van der Waals surface area (Å²) in [6, 6.07) is 7.10. The summed E-state index contributed by atoms with van der Waals surface area (Å²) in [5.74, 6) is 0.746. The summed E-state index contributed by atoms with van der Waals surface area (Å²) in [7, 11) is 2.78. The van der Waals surface area contributed by atoms with Crippen LogP contribution >= 0.6 is 47.8 Å². The van der Waals surface area contributed by atoms with E-state index in [1.807, 2.05) is 26.0 Å². The van der Waals surface area contributed by atoms with Crippen molar-refractivity contribution in [2.75, 3.05) is 14.2 Å². The second kappa shape index (κ2) is 11.7. The molecule has 0 unspecified atom stereocenters. The van der Waals surface area contributed by atoms with Crippen molar-refractivity contribution >= 4 is 70.9 Å². The zero-order chi connectivity index (χ0) is 25.9. The van der Waals surface area contributed by atoms with Gasteiger partial charge < -0.3 is 14.2 Å². The molecule has 1 heterocycles. The Labute approximate surface area is 228 Å². The Morgan fingerprint density at radius 3 is 2.51 bits per heavy atom. The van der Waals surface area contributed by atoms with Gasteiger partial charge in [-0.15, -0.1) is 0 Å². The van der Waals surface area contributed by atoms with Gasteiger partial charge in [0.05, 0.1) is 35.8 Å². The zero-order valence-corrected chi connectivity index (χ0v) is 24.5. The van der Waals surface area contributed by atoms with E-state index in [1.165, 1.54) is 18.9 Å². The van der Waals surface area contributed by atoms with Crippen LogP contribution in [0.15, 0.2) is 47.6 Å². The molecular weight excluding hydrogens is 650 g/mol. The van der Waals surface area contributed by atoms with Gasteiger partial charge in [0.2, 0.25) is 0 Å². The van der Waals surface area contributed by atoms with Gasteiger partial charge in [-0.05, 0) is 69.5 Å². The van der Waals surface area contributed by atoms with Crippen molar-refractivity contribution in [2.24, 2.45) is 5.10 Å². The fourth-order valence-electron chi connectivity index (χ4n) is 3.25. The highest BCUT2D eigenvalue weighted by Gasteiger charge is 2.23. The molecule has 0 aliphatic rings. The Bertz CT molecular complexity index is 1360. The van der Waals surface area contributed by atoms with E-state index in [-0.39, 0.29) is 11.5 Å². The third-order valence-electron chi connectivity index (χ3n) is 5.40. The number of carbonyl (C=O) groups is 1. The maximum Gasteiger partial charge on any atom is 0.346 e. The molecule has 35 heavy (non-hydrogen) atoms. The Kier molecular flexibility index (Phi) is 9.11. The minimum Gasteiger partial charge on any atom is -0.493 e. The van der Waals surface area contributed by atoms with Crippen LogP contribution in [0.2, 0.25) is 0 Å². The smallest absolute Gasteiger partial charge is 0.346 e. The van der Waals surface area contributed by atoms with E-state index in [0.29, 0.717) is 42.7 Å². The molecule has 3 aromatic rings. The highest BCUT2D eigenvalue weighted by Crippen LogP contribution is 2.42. The minimum atomic E-state index is -0.851. The predicted molar refractivity (Wildman–Crippen MR) is 146 cm³/mol. The molecule has 0 radical (unpaired) electrons. The summed E-state index contributed by atoms with van der Waals surface area (Å²) in [6.45, 7) is 5.61. The van der Waals surface area contributed by atoms with Crippen LogP contribution in [0.1, 0.15) is 44.5 Å². The molecule has 0 saturated carbocycles. The Hall–Kier alpha value is -2.24. The third kappa shape index (κ3) is 5.78. The SMILES string of the molecule is CC[C@@H](C)c1nc2ccc(Br)cc2c(=O)n1N=Cc1cc(OC)c(O[C@H](C)C(=O)OC)c(Br)c1Br. The monoisotopic (exact) mass is 671 g/mol. The lowest BCUT2D eigenvalue weighted by Gasteiger charge is -2.18. The molecule has 0 amide bonds. The van der Waals surface area contributed by atoms with E-state index in [2.05, 4.69) is 52.9 Å². The first kappa shape index (κ1) is 27.3. The number of aromatic nitrogens is 2. The molecule has 3 rings (SSSR count). The Morgan fingerprint density at radius 2 is 1.89 bits per heavy atom. The van der Waals surface area contributed by atoms with Crippen molar-refractivity contribution in [2.45, 2.75) is 39.2 Å². The molecule has 1 aromatic heterocycles. The quantitative estimate of drug-likeness (QED) is 0.214. The van der Waals surface area contributed by atoms with Crippen LogP contribution < -0.4 is 15.0 Å². The highest BCUT2D eigenvalue weighted by molar-refractivity contribution is 9.13. The summed E-state index contributed by atoms with van der Waals surface area (Å²) in [6.07, 6.45) is 1.48. The van der Waals surface area contributed by atoms with Gasteiger partial charge >= 0.3 is 5.97 Å². The lowest BCUT2D eigenvalue weighted by Crippen LogP contribution is -2.25.